The SMILES string of the molecule is Cc1c(NC(=O)CN2CCC(C3OCCO3)CC2)cccc1[N+](=O)[O-]. The highest BCUT2D eigenvalue weighted by Crippen LogP contribution is 2.27. The first-order valence-corrected chi connectivity index (χ1v) is 8.54. The molecule has 2 aliphatic heterocycles. The van der Waals surface area contributed by atoms with E-state index in [4.69, 9.17) is 9.47 Å². The predicted molar refractivity (Wildman–Crippen MR) is 91.3 cm³/mol. The average molecular weight is 349 g/mol. The molecule has 1 N–H and O–H groups in total. The first-order chi connectivity index (χ1) is 12.0. The van der Waals surface area contributed by atoms with Crippen LogP contribution in [0.4, 0.5) is 11.4 Å². The normalized spacial score (nSPS) is 19.9. The van der Waals surface area contributed by atoms with Gasteiger partial charge in [-0.1, -0.05) is 6.07 Å². The fraction of sp³-hybridized carbons (Fsp3) is 0.588. The second kappa shape index (κ2) is 7.90. The van der Waals surface area contributed by atoms with Crippen molar-refractivity contribution in [1.29, 1.82) is 0 Å². The van der Waals surface area contributed by atoms with Crippen molar-refractivity contribution >= 4 is 17.3 Å². The summed E-state index contributed by atoms with van der Waals surface area (Å²) in [6.07, 6.45) is 1.78. The van der Waals surface area contributed by atoms with Crippen LogP contribution in [-0.4, -0.2) is 54.9 Å². The molecule has 2 saturated heterocycles. The molecule has 2 fully saturated rings. The summed E-state index contributed by atoms with van der Waals surface area (Å²) in [6, 6.07) is 4.69. The van der Waals surface area contributed by atoms with Gasteiger partial charge in [0.25, 0.3) is 5.69 Å². The molecule has 136 valence electrons. The van der Waals surface area contributed by atoms with Gasteiger partial charge < -0.3 is 14.8 Å². The van der Waals surface area contributed by atoms with Crippen molar-refractivity contribution in [2.24, 2.45) is 5.92 Å². The van der Waals surface area contributed by atoms with Crippen LogP contribution in [0.15, 0.2) is 18.2 Å². The predicted octanol–water partition coefficient (Wildman–Crippen LogP) is 1.93. The topological polar surface area (TPSA) is 93.9 Å². The van der Waals surface area contributed by atoms with E-state index < -0.39 is 4.92 Å². The lowest BCUT2D eigenvalue weighted by atomic mass is 9.96. The van der Waals surface area contributed by atoms with Gasteiger partial charge in [0.2, 0.25) is 5.91 Å². The number of anilines is 1. The van der Waals surface area contributed by atoms with Crippen LogP contribution in [0.5, 0.6) is 0 Å². The van der Waals surface area contributed by atoms with E-state index in [-0.39, 0.29) is 24.4 Å². The van der Waals surface area contributed by atoms with E-state index in [1.54, 1.807) is 19.1 Å². The van der Waals surface area contributed by atoms with Gasteiger partial charge in [0.05, 0.1) is 35.9 Å². The summed E-state index contributed by atoms with van der Waals surface area (Å²) < 4.78 is 11.1. The second-order valence-electron chi connectivity index (χ2n) is 6.48. The van der Waals surface area contributed by atoms with E-state index in [2.05, 4.69) is 10.2 Å². The number of nitrogens with zero attached hydrogens (tertiary/aromatic N) is 2. The van der Waals surface area contributed by atoms with E-state index in [1.165, 1.54) is 6.07 Å². The van der Waals surface area contributed by atoms with E-state index in [9.17, 15) is 14.9 Å². The number of carbonyl (C=O) groups excluding carboxylic acids is 1. The molecular formula is C17H23N3O5. The van der Waals surface area contributed by atoms with Crippen LogP contribution in [0.25, 0.3) is 0 Å². The van der Waals surface area contributed by atoms with Crippen molar-refractivity contribution in [1.82, 2.24) is 4.90 Å². The molecule has 0 aliphatic carbocycles. The van der Waals surface area contributed by atoms with Crippen LogP contribution in [0.2, 0.25) is 0 Å². The lowest BCUT2D eigenvalue weighted by Gasteiger charge is -2.33. The Bertz CT molecular complexity index is 637. The Morgan fingerprint density at radius 2 is 2.00 bits per heavy atom. The molecule has 0 atom stereocenters. The van der Waals surface area contributed by atoms with Crippen LogP contribution >= 0.6 is 0 Å². The Balaban J connectivity index is 1.50. The summed E-state index contributed by atoms with van der Waals surface area (Å²) in [4.78, 5) is 24.9. The number of ether oxygens (including phenoxy) is 2. The number of likely N-dealkylation sites (tertiary alicyclic amines) is 1. The van der Waals surface area contributed by atoms with E-state index in [0.717, 1.165) is 25.9 Å². The molecule has 0 aromatic heterocycles. The molecule has 1 aromatic carbocycles. The zero-order valence-electron chi connectivity index (χ0n) is 14.3. The van der Waals surface area contributed by atoms with Gasteiger partial charge in [0, 0.05) is 12.0 Å². The van der Waals surface area contributed by atoms with Gasteiger partial charge in [-0.2, -0.15) is 0 Å². The molecule has 1 amide bonds. The molecule has 2 heterocycles. The average Bonchev–Trinajstić information content (AvgIpc) is 3.11. The van der Waals surface area contributed by atoms with Gasteiger partial charge in [-0.15, -0.1) is 0 Å². The van der Waals surface area contributed by atoms with Gasteiger partial charge in [-0.05, 0) is 38.9 Å². The minimum Gasteiger partial charge on any atom is -0.350 e. The number of piperidine rings is 1. The number of nitro benzene ring substituents is 1. The number of amides is 1. The maximum Gasteiger partial charge on any atom is 0.274 e. The third-order valence-corrected chi connectivity index (χ3v) is 4.81. The summed E-state index contributed by atoms with van der Waals surface area (Å²) in [5, 5.41) is 13.8. The van der Waals surface area contributed by atoms with Crippen LogP contribution in [-0.2, 0) is 14.3 Å². The molecule has 0 spiro atoms. The van der Waals surface area contributed by atoms with Crippen LogP contribution in [0.3, 0.4) is 0 Å². The second-order valence-corrected chi connectivity index (χ2v) is 6.48. The first kappa shape index (κ1) is 17.8. The minimum atomic E-state index is -0.442. The van der Waals surface area contributed by atoms with E-state index >= 15 is 0 Å². The molecule has 8 nitrogen and oxygen atoms in total. The summed E-state index contributed by atoms with van der Waals surface area (Å²) in [5.41, 5.74) is 0.965. The molecular weight excluding hydrogens is 326 g/mol. The number of nitrogens with one attached hydrogen (secondary N) is 1. The molecule has 2 aliphatic rings. The zero-order valence-corrected chi connectivity index (χ0v) is 14.3. The Kier molecular flexibility index (Phi) is 5.62. The lowest BCUT2D eigenvalue weighted by molar-refractivity contribution is -0.385. The maximum atomic E-state index is 12.3. The van der Waals surface area contributed by atoms with Gasteiger partial charge in [-0.3, -0.25) is 19.8 Å². The number of hydrogen-bond acceptors (Lipinski definition) is 6. The zero-order chi connectivity index (χ0) is 17.8. The highest BCUT2D eigenvalue weighted by atomic mass is 16.7. The molecule has 1 aromatic rings. The molecule has 3 rings (SSSR count). The number of rotatable bonds is 5. The Morgan fingerprint density at radius 3 is 2.64 bits per heavy atom. The molecule has 0 radical (unpaired) electrons. The Morgan fingerprint density at radius 1 is 1.32 bits per heavy atom. The number of carbonyl (C=O) groups is 1. The highest BCUT2D eigenvalue weighted by molar-refractivity contribution is 5.93. The van der Waals surface area contributed by atoms with Crippen LogP contribution < -0.4 is 5.32 Å². The number of benzene rings is 1. The van der Waals surface area contributed by atoms with Gasteiger partial charge in [0.15, 0.2) is 6.29 Å². The third-order valence-electron chi connectivity index (χ3n) is 4.81. The molecule has 0 bridgehead atoms. The molecule has 0 saturated carbocycles. The highest BCUT2D eigenvalue weighted by Gasteiger charge is 2.30. The Hall–Kier alpha value is -2.03. The van der Waals surface area contributed by atoms with Crippen molar-refractivity contribution in [3.05, 3.63) is 33.9 Å². The van der Waals surface area contributed by atoms with Crippen molar-refractivity contribution in [2.45, 2.75) is 26.1 Å². The smallest absolute Gasteiger partial charge is 0.274 e. The van der Waals surface area contributed by atoms with Crippen molar-refractivity contribution in [3.8, 4) is 0 Å². The quantitative estimate of drug-likeness (QED) is 0.645. The van der Waals surface area contributed by atoms with Crippen molar-refractivity contribution in [2.75, 3.05) is 38.2 Å². The molecule has 8 heteroatoms. The minimum absolute atomic E-state index is 0.00942. The maximum absolute atomic E-state index is 12.3. The summed E-state index contributed by atoms with van der Waals surface area (Å²) in [7, 11) is 0. The van der Waals surface area contributed by atoms with E-state index in [1.807, 2.05) is 0 Å². The first-order valence-electron chi connectivity index (χ1n) is 8.54. The van der Waals surface area contributed by atoms with Gasteiger partial charge >= 0.3 is 0 Å². The van der Waals surface area contributed by atoms with Crippen molar-refractivity contribution < 1.29 is 19.2 Å². The number of nitro groups is 1. The number of hydrogen-bond donors (Lipinski definition) is 1. The standard InChI is InChI=1S/C17H23N3O5/c1-12-14(3-2-4-15(12)20(22)23)18-16(21)11-19-7-5-13(6-8-19)17-24-9-10-25-17/h2-4,13,17H,5-11H2,1H3,(H,18,21). The molecule has 0 unspecified atom stereocenters. The van der Waals surface area contributed by atoms with Crippen LogP contribution in [0, 0.1) is 23.0 Å². The largest absolute Gasteiger partial charge is 0.350 e. The van der Waals surface area contributed by atoms with Crippen molar-refractivity contribution in [3.63, 3.8) is 0 Å². The third kappa shape index (κ3) is 4.33. The lowest BCUT2D eigenvalue weighted by Crippen LogP contribution is -2.41. The Labute approximate surface area is 146 Å². The molecule has 25 heavy (non-hydrogen) atoms. The monoisotopic (exact) mass is 349 g/mol. The fourth-order valence-electron chi connectivity index (χ4n) is 3.38. The summed E-state index contributed by atoms with van der Waals surface area (Å²) in [6.45, 7) is 4.87. The summed E-state index contributed by atoms with van der Waals surface area (Å²) in [5.74, 6) is 0.233. The van der Waals surface area contributed by atoms with Gasteiger partial charge in [0.1, 0.15) is 0 Å². The van der Waals surface area contributed by atoms with E-state index in [0.29, 0.717) is 30.4 Å². The van der Waals surface area contributed by atoms with Gasteiger partial charge in [-0.25, -0.2) is 0 Å². The van der Waals surface area contributed by atoms with Crippen LogP contribution in [0.1, 0.15) is 18.4 Å². The summed E-state index contributed by atoms with van der Waals surface area (Å²) >= 11 is 0. The fourth-order valence-corrected chi connectivity index (χ4v) is 3.38.